The summed E-state index contributed by atoms with van der Waals surface area (Å²) in [5, 5.41) is 5.68. The van der Waals surface area contributed by atoms with Crippen molar-refractivity contribution in [1.82, 2.24) is 10.3 Å². The van der Waals surface area contributed by atoms with Crippen molar-refractivity contribution < 1.29 is 4.42 Å². The minimum Gasteiger partial charge on any atom is -0.456 e. The average Bonchev–Trinajstić information content (AvgIpc) is 3.31. The molecule has 2 aromatic carbocycles. The van der Waals surface area contributed by atoms with Gasteiger partial charge < -0.3 is 14.7 Å². The molecule has 0 aliphatic carbocycles. The first kappa shape index (κ1) is 15.8. The number of hydrogen-bond donors (Lipinski definition) is 2. The van der Waals surface area contributed by atoms with E-state index in [1.54, 1.807) is 0 Å². The number of amidine groups is 1. The van der Waals surface area contributed by atoms with E-state index in [0.717, 1.165) is 52.4 Å². The van der Waals surface area contributed by atoms with E-state index < -0.39 is 0 Å². The summed E-state index contributed by atoms with van der Waals surface area (Å²) in [6, 6.07) is 16.6. The lowest BCUT2D eigenvalue weighted by Gasteiger charge is -2.03. The normalized spacial score (nSPS) is 13.7. The van der Waals surface area contributed by atoms with Crippen molar-refractivity contribution in [3.63, 3.8) is 0 Å². The largest absolute Gasteiger partial charge is 0.456 e. The van der Waals surface area contributed by atoms with Crippen molar-refractivity contribution in [2.24, 2.45) is 4.99 Å². The number of aromatic amines is 1. The molecule has 2 N–H and O–H groups in total. The summed E-state index contributed by atoms with van der Waals surface area (Å²) < 4.78 is 6.02. The predicted molar refractivity (Wildman–Crippen MR) is 105 cm³/mol. The monoisotopic (exact) mass is 351 g/mol. The molecule has 5 rings (SSSR count). The number of nitrogens with one attached hydrogen (secondary N) is 2. The highest BCUT2D eigenvalue weighted by Crippen LogP contribution is 2.32. The molecule has 1 aliphatic rings. The molecule has 0 spiro atoms. The van der Waals surface area contributed by atoms with Crippen LogP contribution in [0.1, 0.15) is 11.3 Å². The third kappa shape index (κ3) is 2.50. The molecule has 0 radical (unpaired) electrons. The van der Waals surface area contributed by atoms with E-state index in [0.29, 0.717) is 0 Å². The van der Waals surface area contributed by atoms with Gasteiger partial charge in [-0.2, -0.15) is 0 Å². The Morgan fingerprint density at radius 1 is 1.08 bits per heavy atom. The summed E-state index contributed by atoms with van der Waals surface area (Å²) >= 11 is 0. The first-order valence-electron chi connectivity index (χ1n) is 8.19. The molecule has 0 unspecified atom stereocenters. The lowest BCUT2D eigenvalue weighted by atomic mass is 10.1. The molecule has 1 aliphatic heterocycles. The summed E-state index contributed by atoms with van der Waals surface area (Å²) in [5.74, 6) is 1.88. The highest BCUT2D eigenvalue weighted by atomic mass is 35.5. The summed E-state index contributed by atoms with van der Waals surface area (Å²) in [6.45, 7) is 3.84. The molecule has 126 valence electrons. The summed E-state index contributed by atoms with van der Waals surface area (Å²) in [4.78, 5) is 8.05. The number of halogens is 1. The SMILES string of the molecule is Cc1[nH]c2ccc(-c3cc4ccccc4o3)cc2c1C1=NCCN1.Cl. The van der Waals surface area contributed by atoms with Gasteiger partial charge in [0.05, 0.1) is 6.54 Å². The van der Waals surface area contributed by atoms with E-state index >= 15 is 0 Å². The van der Waals surface area contributed by atoms with Gasteiger partial charge in [0.25, 0.3) is 0 Å². The second-order valence-electron chi connectivity index (χ2n) is 6.19. The standard InChI is InChI=1S/C20H17N3O.ClH/c1-12-19(20-21-8-9-22-20)15-10-14(6-7-16(15)23-12)18-11-13-4-2-3-5-17(13)24-18;/h2-7,10-11,23H,8-9H2,1H3,(H,21,22);1H. The van der Waals surface area contributed by atoms with Gasteiger partial charge in [-0.3, -0.25) is 4.99 Å². The zero-order valence-corrected chi connectivity index (χ0v) is 14.6. The van der Waals surface area contributed by atoms with Crippen LogP contribution in [-0.4, -0.2) is 23.9 Å². The van der Waals surface area contributed by atoms with Crippen LogP contribution in [0, 0.1) is 6.92 Å². The fraction of sp³-hybridized carbons (Fsp3) is 0.150. The van der Waals surface area contributed by atoms with Crippen molar-refractivity contribution in [2.45, 2.75) is 6.92 Å². The Labute approximate surface area is 151 Å². The van der Waals surface area contributed by atoms with Crippen LogP contribution in [0.5, 0.6) is 0 Å². The molecule has 0 saturated carbocycles. The van der Waals surface area contributed by atoms with Gasteiger partial charge in [0.15, 0.2) is 0 Å². The molecule has 5 heteroatoms. The summed E-state index contributed by atoms with van der Waals surface area (Å²) in [5.41, 5.74) is 5.43. The molecule has 0 saturated heterocycles. The number of rotatable bonds is 2. The average molecular weight is 352 g/mol. The third-order valence-corrected chi connectivity index (χ3v) is 4.61. The maximum absolute atomic E-state index is 6.02. The highest BCUT2D eigenvalue weighted by Gasteiger charge is 2.17. The Morgan fingerprint density at radius 2 is 1.96 bits per heavy atom. The van der Waals surface area contributed by atoms with Crippen LogP contribution >= 0.6 is 12.4 Å². The van der Waals surface area contributed by atoms with Crippen molar-refractivity contribution in [1.29, 1.82) is 0 Å². The Kier molecular flexibility index (Phi) is 3.77. The van der Waals surface area contributed by atoms with Crippen LogP contribution in [-0.2, 0) is 0 Å². The number of benzene rings is 2. The van der Waals surface area contributed by atoms with Gasteiger partial charge in [0.2, 0.25) is 0 Å². The molecular formula is C20H18ClN3O. The lowest BCUT2D eigenvalue weighted by molar-refractivity contribution is 0.631. The molecule has 25 heavy (non-hydrogen) atoms. The molecule has 0 atom stereocenters. The van der Waals surface area contributed by atoms with E-state index in [4.69, 9.17) is 4.42 Å². The van der Waals surface area contributed by atoms with Gasteiger partial charge in [-0.1, -0.05) is 18.2 Å². The molecule has 0 amide bonds. The fourth-order valence-electron chi connectivity index (χ4n) is 3.47. The second kappa shape index (κ2) is 5.97. The van der Waals surface area contributed by atoms with Crippen molar-refractivity contribution >= 4 is 40.1 Å². The zero-order valence-electron chi connectivity index (χ0n) is 13.8. The van der Waals surface area contributed by atoms with Crippen LogP contribution in [0.2, 0.25) is 0 Å². The van der Waals surface area contributed by atoms with Crippen LogP contribution in [0.25, 0.3) is 33.2 Å². The number of aliphatic imine (C=N–C) groups is 1. The van der Waals surface area contributed by atoms with E-state index in [1.807, 2.05) is 18.2 Å². The topological polar surface area (TPSA) is 53.3 Å². The first-order valence-corrected chi connectivity index (χ1v) is 8.19. The highest BCUT2D eigenvalue weighted by molar-refractivity contribution is 6.12. The van der Waals surface area contributed by atoms with Crippen molar-refractivity contribution in [2.75, 3.05) is 13.1 Å². The molecule has 0 bridgehead atoms. The van der Waals surface area contributed by atoms with E-state index in [9.17, 15) is 0 Å². The van der Waals surface area contributed by atoms with E-state index in [-0.39, 0.29) is 12.4 Å². The number of nitrogens with zero attached hydrogens (tertiary/aromatic N) is 1. The number of furan rings is 1. The van der Waals surface area contributed by atoms with Gasteiger partial charge in [0.1, 0.15) is 17.2 Å². The van der Waals surface area contributed by atoms with Crippen LogP contribution < -0.4 is 5.32 Å². The quantitative estimate of drug-likeness (QED) is 0.551. The Balaban J connectivity index is 0.00000157. The van der Waals surface area contributed by atoms with E-state index in [2.05, 4.69) is 52.5 Å². The minimum atomic E-state index is 0. The number of fused-ring (bicyclic) bond motifs is 2. The molecule has 4 aromatic rings. The van der Waals surface area contributed by atoms with Crippen LogP contribution in [0.15, 0.2) is 57.9 Å². The maximum atomic E-state index is 6.02. The van der Waals surface area contributed by atoms with Crippen LogP contribution in [0.3, 0.4) is 0 Å². The van der Waals surface area contributed by atoms with Crippen molar-refractivity contribution in [3.05, 3.63) is 59.8 Å². The summed E-state index contributed by atoms with van der Waals surface area (Å²) in [7, 11) is 0. The smallest absolute Gasteiger partial charge is 0.135 e. The second-order valence-corrected chi connectivity index (χ2v) is 6.19. The molecule has 3 heterocycles. The number of para-hydroxylation sites is 1. The van der Waals surface area contributed by atoms with Gasteiger partial charge in [-0.05, 0) is 37.3 Å². The zero-order chi connectivity index (χ0) is 16.1. The number of aryl methyl sites for hydroxylation is 1. The number of hydrogen-bond acceptors (Lipinski definition) is 3. The van der Waals surface area contributed by atoms with Gasteiger partial charge >= 0.3 is 0 Å². The van der Waals surface area contributed by atoms with Crippen LogP contribution in [0.4, 0.5) is 0 Å². The predicted octanol–water partition coefficient (Wildman–Crippen LogP) is 4.66. The van der Waals surface area contributed by atoms with Gasteiger partial charge in [-0.15, -0.1) is 12.4 Å². The van der Waals surface area contributed by atoms with E-state index in [1.165, 1.54) is 10.9 Å². The third-order valence-electron chi connectivity index (χ3n) is 4.61. The Morgan fingerprint density at radius 3 is 2.76 bits per heavy atom. The fourth-order valence-corrected chi connectivity index (χ4v) is 3.47. The minimum absolute atomic E-state index is 0. The molecular weight excluding hydrogens is 334 g/mol. The molecule has 2 aromatic heterocycles. The number of H-pyrrole nitrogens is 1. The Bertz CT molecular complexity index is 1070. The molecule has 0 fully saturated rings. The van der Waals surface area contributed by atoms with Crippen molar-refractivity contribution in [3.8, 4) is 11.3 Å². The Hall–Kier alpha value is -2.72. The maximum Gasteiger partial charge on any atom is 0.135 e. The van der Waals surface area contributed by atoms with Gasteiger partial charge in [-0.25, -0.2) is 0 Å². The summed E-state index contributed by atoms with van der Waals surface area (Å²) in [6.07, 6.45) is 0. The lowest BCUT2D eigenvalue weighted by Crippen LogP contribution is -2.19. The number of aromatic nitrogens is 1. The molecule has 4 nitrogen and oxygen atoms in total. The first-order chi connectivity index (χ1) is 11.8. The van der Waals surface area contributed by atoms with Gasteiger partial charge in [0, 0.05) is 39.7 Å².